The van der Waals surface area contributed by atoms with Crippen LogP contribution < -0.4 is 4.90 Å². The molecule has 51 heavy (non-hydrogen) atoms. The maximum absolute atomic E-state index is 5.08. The van der Waals surface area contributed by atoms with E-state index in [1.165, 1.54) is 70.4 Å². The lowest BCUT2D eigenvalue weighted by atomic mass is 9.81. The second kappa shape index (κ2) is 11.3. The van der Waals surface area contributed by atoms with E-state index in [-0.39, 0.29) is 12.1 Å². The monoisotopic (exact) mass is 671 g/mol. The molecule has 0 spiro atoms. The largest absolute Gasteiger partial charge is 0.335 e. The van der Waals surface area contributed by atoms with Gasteiger partial charge in [0.05, 0.1) is 34.9 Å². The summed E-state index contributed by atoms with van der Waals surface area (Å²) in [6.45, 7) is 0. The summed E-state index contributed by atoms with van der Waals surface area (Å²) in [7, 11) is 0. The quantitative estimate of drug-likeness (QED) is 0.186. The molecular formula is C47H33N3S. The molecule has 0 amide bonds. The molecule has 3 aliphatic rings. The first kappa shape index (κ1) is 28.8. The molecule has 1 aliphatic heterocycles. The molecule has 2 atom stereocenters. The zero-order chi connectivity index (χ0) is 33.5. The first-order valence-electron chi connectivity index (χ1n) is 17.8. The van der Waals surface area contributed by atoms with Gasteiger partial charge in [-0.05, 0) is 72.5 Å². The number of hydrogen-bond donors (Lipinski definition) is 0. The summed E-state index contributed by atoms with van der Waals surface area (Å²) in [6.07, 6.45) is 11.5. The number of pyridine rings is 1. The number of hydrogen-bond acceptors (Lipinski definition) is 3. The summed E-state index contributed by atoms with van der Waals surface area (Å²) in [5.74, 6) is 0. The highest BCUT2D eigenvalue weighted by Gasteiger charge is 2.40. The fourth-order valence-corrected chi connectivity index (χ4v) is 9.92. The number of allylic oxidation sites excluding steroid dienone is 4. The van der Waals surface area contributed by atoms with Gasteiger partial charge in [0.25, 0.3) is 0 Å². The van der Waals surface area contributed by atoms with Gasteiger partial charge in [-0.25, -0.2) is 4.98 Å². The highest BCUT2D eigenvalue weighted by Crippen LogP contribution is 2.58. The molecule has 0 N–H and O–H groups in total. The minimum atomic E-state index is 0.148. The molecule has 11 rings (SSSR count). The Labute approximate surface area is 300 Å². The van der Waals surface area contributed by atoms with Crippen LogP contribution in [0.25, 0.3) is 59.6 Å². The molecule has 0 radical (unpaired) electrons. The van der Waals surface area contributed by atoms with Gasteiger partial charge in [0.15, 0.2) is 0 Å². The molecule has 0 saturated carbocycles. The fraction of sp³-hybridized carbons (Fsp3) is 0.0851. The SMILES string of the molecule is C1=CC(n2c3c(c4ccccc42)C=C2CC3N(c3ccccc3)c3c2ccc2sc4ccccc4c32)CC=C1c1cccc(-c2ccccc2)n1. The van der Waals surface area contributed by atoms with Crippen LogP contribution in [0.15, 0.2) is 158 Å². The van der Waals surface area contributed by atoms with E-state index in [0.717, 1.165) is 29.8 Å². The molecule has 242 valence electrons. The van der Waals surface area contributed by atoms with Crippen LogP contribution in [-0.4, -0.2) is 9.55 Å². The van der Waals surface area contributed by atoms with E-state index >= 15 is 0 Å². The van der Waals surface area contributed by atoms with E-state index < -0.39 is 0 Å². The van der Waals surface area contributed by atoms with Crippen molar-refractivity contribution in [2.24, 2.45) is 0 Å². The van der Waals surface area contributed by atoms with Gasteiger partial charge in [0.1, 0.15) is 0 Å². The Hall–Kier alpha value is -5.97. The average molecular weight is 672 g/mol. The van der Waals surface area contributed by atoms with Crippen molar-refractivity contribution in [3.05, 3.63) is 180 Å². The third-order valence-electron chi connectivity index (χ3n) is 11.0. The summed E-state index contributed by atoms with van der Waals surface area (Å²) in [5, 5.41) is 4.04. The van der Waals surface area contributed by atoms with E-state index in [0.29, 0.717) is 0 Å². The molecule has 8 aromatic rings. The number of para-hydroxylation sites is 2. The van der Waals surface area contributed by atoms with Gasteiger partial charge < -0.3 is 9.47 Å². The van der Waals surface area contributed by atoms with Crippen molar-refractivity contribution in [2.45, 2.75) is 24.9 Å². The maximum atomic E-state index is 5.08. The highest BCUT2D eigenvalue weighted by molar-refractivity contribution is 7.26. The highest BCUT2D eigenvalue weighted by atomic mass is 32.1. The predicted molar refractivity (Wildman–Crippen MR) is 216 cm³/mol. The Morgan fingerprint density at radius 3 is 2.27 bits per heavy atom. The van der Waals surface area contributed by atoms with E-state index in [1.54, 1.807) is 0 Å². The molecule has 2 aliphatic carbocycles. The van der Waals surface area contributed by atoms with Gasteiger partial charge in [-0.2, -0.15) is 0 Å². The van der Waals surface area contributed by atoms with Gasteiger partial charge >= 0.3 is 0 Å². The van der Waals surface area contributed by atoms with Crippen molar-refractivity contribution >= 4 is 71.0 Å². The summed E-state index contributed by atoms with van der Waals surface area (Å²) >= 11 is 1.90. The number of thiophene rings is 1. The van der Waals surface area contributed by atoms with Crippen molar-refractivity contribution in [1.82, 2.24) is 9.55 Å². The number of anilines is 2. The zero-order valence-electron chi connectivity index (χ0n) is 27.9. The summed E-state index contributed by atoms with van der Waals surface area (Å²) in [5.41, 5.74) is 13.8. The van der Waals surface area contributed by atoms with Crippen LogP contribution in [-0.2, 0) is 0 Å². The van der Waals surface area contributed by atoms with Crippen LogP contribution in [0.2, 0.25) is 0 Å². The second-order valence-corrected chi connectivity index (χ2v) is 14.9. The molecule has 3 nitrogen and oxygen atoms in total. The van der Waals surface area contributed by atoms with Crippen LogP contribution >= 0.6 is 11.3 Å². The summed E-state index contributed by atoms with van der Waals surface area (Å²) < 4.78 is 5.34. The van der Waals surface area contributed by atoms with Crippen molar-refractivity contribution < 1.29 is 0 Å². The summed E-state index contributed by atoms with van der Waals surface area (Å²) in [6, 6.07) is 50.9. The lowest BCUT2D eigenvalue weighted by molar-refractivity contribution is 0.555. The van der Waals surface area contributed by atoms with Crippen LogP contribution in [0.4, 0.5) is 11.4 Å². The molecule has 2 bridgehead atoms. The summed E-state index contributed by atoms with van der Waals surface area (Å²) in [4.78, 5) is 7.76. The Balaban J connectivity index is 1.08. The number of nitrogens with zero attached hydrogens (tertiary/aromatic N) is 3. The van der Waals surface area contributed by atoms with Crippen molar-refractivity contribution in [1.29, 1.82) is 0 Å². The molecule has 4 heteroatoms. The molecule has 3 aromatic heterocycles. The van der Waals surface area contributed by atoms with E-state index in [9.17, 15) is 0 Å². The number of benzene rings is 5. The number of fused-ring (bicyclic) bond motifs is 12. The first-order valence-corrected chi connectivity index (χ1v) is 18.7. The molecule has 0 saturated heterocycles. The Morgan fingerprint density at radius 1 is 0.667 bits per heavy atom. The van der Waals surface area contributed by atoms with E-state index in [1.807, 2.05) is 11.3 Å². The standard InChI is InChI=1S/C47H33N3S/c1-3-12-30(13-4-1)39-18-11-19-40(48-39)31-22-24-34(25-23-31)49-41-20-9-7-16-36(41)38-28-32-29-42(46(38)49)50(33-14-5-2-6-15-33)47-35(32)26-27-44-45(47)37-17-8-10-21-43(37)51-44/h1-24,26-28,34,42H,25,29H2. The van der Waals surface area contributed by atoms with Gasteiger partial charge in [-0.3, -0.25) is 0 Å². The van der Waals surface area contributed by atoms with Crippen LogP contribution in [0.5, 0.6) is 0 Å². The Morgan fingerprint density at radius 2 is 1.43 bits per heavy atom. The van der Waals surface area contributed by atoms with Crippen molar-refractivity contribution in [2.75, 3.05) is 4.90 Å². The van der Waals surface area contributed by atoms with E-state index in [2.05, 4.69) is 173 Å². The van der Waals surface area contributed by atoms with Gasteiger partial charge in [-0.15, -0.1) is 11.3 Å². The van der Waals surface area contributed by atoms with Crippen LogP contribution in [0, 0.1) is 0 Å². The normalized spacial score (nSPS) is 17.8. The van der Waals surface area contributed by atoms with Crippen LogP contribution in [0.3, 0.4) is 0 Å². The topological polar surface area (TPSA) is 21.1 Å². The minimum absolute atomic E-state index is 0.148. The second-order valence-electron chi connectivity index (χ2n) is 13.8. The fourth-order valence-electron chi connectivity index (χ4n) is 8.81. The molecular weight excluding hydrogens is 639 g/mol. The van der Waals surface area contributed by atoms with Crippen molar-refractivity contribution in [3.63, 3.8) is 0 Å². The molecule has 5 aromatic carbocycles. The minimum Gasteiger partial charge on any atom is -0.335 e. The smallest absolute Gasteiger partial charge is 0.0790 e. The molecule has 2 unspecified atom stereocenters. The van der Waals surface area contributed by atoms with Gasteiger partial charge in [-0.1, -0.05) is 115 Å². The number of aromatic nitrogens is 2. The van der Waals surface area contributed by atoms with Crippen LogP contribution in [0.1, 0.15) is 47.4 Å². The lowest BCUT2D eigenvalue weighted by Crippen LogP contribution is -2.33. The average Bonchev–Trinajstić information content (AvgIpc) is 3.75. The zero-order valence-corrected chi connectivity index (χ0v) is 28.7. The Kier molecular flexibility index (Phi) is 6.37. The number of rotatable bonds is 4. The third-order valence-corrected chi connectivity index (χ3v) is 12.1. The third kappa shape index (κ3) is 4.40. The lowest BCUT2D eigenvalue weighted by Gasteiger charge is -2.44. The van der Waals surface area contributed by atoms with Gasteiger partial charge in [0, 0.05) is 53.5 Å². The van der Waals surface area contributed by atoms with Crippen molar-refractivity contribution in [3.8, 4) is 11.3 Å². The molecule has 0 fully saturated rings. The first-order chi connectivity index (χ1) is 25.3. The van der Waals surface area contributed by atoms with Gasteiger partial charge in [0.2, 0.25) is 0 Å². The predicted octanol–water partition coefficient (Wildman–Crippen LogP) is 12.8. The maximum Gasteiger partial charge on any atom is 0.0790 e. The van der Waals surface area contributed by atoms with E-state index in [4.69, 9.17) is 4.98 Å². The molecule has 4 heterocycles. The Bertz CT molecular complexity index is 2760.